The molecule has 1 atom stereocenters. The zero-order valence-corrected chi connectivity index (χ0v) is 9.48. The Labute approximate surface area is 97.9 Å². The number of hydrogen-bond acceptors (Lipinski definition) is 2. The van der Waals surface area contributed by atoms with Crippen LogP contribution in [0.3, 0.4) is 0 Å². The fraction of sp³-hybridized carbons (Fsp3) is 0.250. The molecule has 0 amide bonds. The van der Waals surface area contributed by atoms with Crippen molar-refractivity contribution in [3.05, 3.63) is 52.2 Å². The average Bonchev–Trinajstić information content (AvgIpc) is 2.70. The Hall–Kier alpha value is -1.88. The van der Waals surface area contributed by atoms with Crippen molar-refractivity contribution in [3.63, 3.8) is 0 Å². The van der Waals surface area contributed by atoms with Crippen LogP contribution in [0.15, 0.2) is 35.1 Å². The van der Waals surface area contributed by atoms with Gasteiger partial charge in [-0.15, -0.1) is 0 Å². The van der Waals surface area contributed by atoms with Crippen molar-refractivity contribution in [3.8, 4) is 5.69 Å². The highest BCUT2D eigenvalue weighted by Crippen LogP contribution is 2.11. The van der Waals surface area contributed by atoms with Gasteiger partial charge >= 0.3 is 0 Å². The number of benzene rings is 1. The van der Waals surface area contributed by atoms with Gasteiger partial charge in [0.15, 0.2) is 0 Å². The van der Waals surface area contributed by atoms with Gasteiger partial charge in [0.05, 0.1) is 5.69 Å². The molecule has 2 aromatic rings. The van der Waals surface area contributed by atoms with Crippen molar-refractivity contribution in [1.29, 1.82) is 0 Å². The summed E-state index contributed by atoms with van der Waals surface area (Å²) < 4.78 is 14.4. The maximum atomic E-state index is 13.1. The first kappa shape index (κ1) is 11.6. The highest BCUT2D eigenvalue weighted by molar-refractivity contribution is 5.31. The van der Waals surface area contributed by atoms with Crippen molar-refractivity contribution in [2.45, 2.75) is 12.8 Å². The number of rotatable bonds is 3. The molecule has 90 valence electrons. The van der Waals surface area contributed by atoms with Gasteiger partial charge < -0.3 is 5.73 Å². The summed E-state index contributed by atoms with van der Waals surface area (Å²) >= 11 is 0. The van der Waals surface area contributed by atoms with Gasteiger partial charge in [-0.25, -0.2) is 9.07 Å². The normalized spacial score (nSPS) is 12.6. The Morgan fingerprint density at radius 1 is 1.47 bits per heavy atom. The van der Waals surface area contributed by atoms with Crippen LogP contribution in [0.2, 0.25) is 0 Å². The minimum absolute atomic E-state index is 0.0671. The second-order valence-electron chi connectivity index (χ2n) is 4.00. The van der Waals surface area contributed by atoms with Crippen LogP contribution in [0.25, 0.3) is 5.69 Å². The van der Waals surface area contributed by atoms with E-state index in [0.29, 0.717) is 12.2 Å². The molecule has 0 fully saturated rings. The van der Waals surface area contributed by atoms with E-state index in [9.17, 15) is 9.18 Å². The molecule has 0 aliphatic rings. The zero-order valence-electron chi connectivity index (χ0n) is 9.48. The van der Waals surface area contributed by atoms with E-state index in [-0.39, 0.29) is 17.3 Å². The Morgan fingerprint density at radius 2 is 2.24 bits per heavy atom. The average molecular weight is 235 g/mol. The minimum atomic E-state index is -0.377. The topological polar surface area (TPSA) is 63.8 Å². The molecule has 0 aliphatic carbocycles. The van der Waals surface area contributed by atoms with E-state index in [1.54, 1.807) is 12.1 Å². The number of aromatic nitrogens is 2. The van der Waals surface area contributed by atoms with Crippen molar-refractivity contribution >= 4 is 0 Å². The third kappa shape index (κ3) is 2.29. The van der Waals surface area contributed by atoms with E-state index < -0.39 is 0 Å². The van der Waals surface area contributed by atoms with E-state index in [0.717, 1.165) is 5.69 Å². The lowest BCUT2D eigenvalue weighted by molar-refractivity contribution is 0.624. The number of halogens is 1. The van der Waals surface area contributed by atoms with Crippen LogP contribution in [-0.2, 0) is 0 Å². The second kappa shape index (κ2) is 4.55. The summed E-state index contributed by atoms with van der Waals surface area (Å²) in [6, 6.07) is 7.35. The van der Waals surface area contributed by atoms with Gasteiger partial charge in [0.1, 0.15) is 5.82 Å². The molecule has 3 N–H and O–H groups in total. The lowest BCUT2D eigenvalue weighted by Crippen LogP contribution is -2.13. The summed E-state index contributed by atoms with van der Waals surface area (Å²) in [5.41, 5.74) is 6.55. The largest absolute Gasteiger partial charge is 0.330 e. The molecule has 2 rings (SSSR count). The number of H-pyrrole nitrogens is 1. The van der Waals surface area contributed by atoms with Gasteiger partial charge in [-0.05, 0) is 18.2 Å². The van der Waals surface area contributed by atoms with Gasteiger partial charge in [0.25, 0.3) is 5.56 Å². The van der Waals surface area contributed by atoms with Crippen LogP contribution >= 0.6 is 0 Å². The Balaban J connectivity index is 2.46. The quantitative estimate of drug-likeness (QED) is 0.843. The minimum Gasteiger partial charge on any atom is -0.330 e. The molecule has 1 heterocycles. The van der Waals surface area contributed by atoms with E-state index in [1.807, 2.05) is 6.92 Å². The standard InChI is InChI=1S/C12H14FN3O/c1-8(7-14)11-6-12(17)16(15-11)10-4-2-3-9(13)5-10/h2-6,8,15H,7,14H2,1H3. The summed E-state index contributed by atoms with van der Waals surface area (Å²) in [6.07, 6.45) is 0. The number of hydrogen-bond donors (Lipinski definition) is 2. The summed E-state index contributed by atoms with van der Waals surface area (Å²) in [5.74, 6) is -0.310. The van der Waals surface area contributed by atoms with Gasteiger partial charge in [-0.1, -0.05) is 13.0 Å². The van der Waals surface area contributed by atoms with Gasteiger partial charge in [0, 0.05) is 24.2 Å². The van der Waals surface area contributed by atoms with Gasteiger partial charge in [-0.2, -0.15) is 0 Å². The molecule has 5 heteroatoms. The van der Waals surface area contributed by atoms with E-state index in [1.165, 1.54) is 22.9 Å². The zero-order chi connectivity index (χ0) is 12.4. The third-order valence-corrected chi connectivity index (χ3v) is 2.69. The maximum Gasteiger partial charge on any atom is 0.271 e. The molecule has 0 bridgehead atoms. The third-order valence-electron chi connectivity index (χ3n) is 2.69. The van der Waals surface area contributed by atoms with Crippen LogP contribution in [0.1, 0.15) is 18.5 Å². The number of nitrogens with one attached hydrogen (secondary N) is 1. The lowest BCUT2D eigenvalue weighted by Gasteiger charge is -2.05. The molecular weight excluding hydrogens is 221 g/mol. The lowest BCUT2D eigenvalue weighted by atomic mass is 10.1. The molecule has 0 saturated carbocycles. The highest BCUT2D eigenvalue weighted by atomic mass is 19.1. The second-order valence-corrected chi connectivity index (χ2v) is 4.00. The van der Waals surface area contributed by atoms with Gasteiger partial charge in [0.2, 0.25) is 0 Å². The van der Waals surface area contributed by atoms with E-state index in [2.05, 4.69) is 5.10 Å². The first-order chi connectivity index (χ1) is 8.11. The Kier molecular flexibility index (Phi) is 3.10. The molecule has 17 heavy (non-hydrogen) atoms. The number of aromatic amines is 1. The molecule has 1 unspecified atom stereocenters. The molecule has 1 aromatic carbocycles. The highest BCUT2D eigenvalue weighted by Gasteiger charge is 2.10. The van der Waals surface area contributed by atoms with Crippen LogP contribution in [0.5, 0.6) is 0 Å². The molecule has 0 aliphatic heterocycles. The van der Waals surface area contributed by atoms with Crippen LogP contribution in [0, 0.1) is 5.82 Å². The van der Waals surface area contributed by atoms with Crippen LogP contribution < -0.4 is 11.3 Å². The van der Waals surface area contributed by atoms with E-state index >= 15 is 0 Å². The van der Waals surface area contributed by atoms with Gasteiger partial charge in [-0.3, -0.25) is 9.89 Å². The molecule has 0 saturated heterocycles. The molecule has 1 aromatic heterocycles. The van der Waals surface area contributed by atoms with E-state index in [4.69, 9.17) is 5.73 Å². The summed E-state index contributed by atoms with van der Waals surface area (Å²) in [6.45, 7) is 2.37. The van der Waals surface area contributed by atoms with Crippen molar-refractivity contribution in [2.75, 3.05) is 6.54 Å². The smallest absolute Gasteiger partial charge is 0.271 e. The molecule has 4 nitrogen and oxygen atoms in total. The Morgan fingerprint density at radius 3 is 2.88 bits per heavy atom. The fourth-order valence-corrected chi connectivity index (χ4v) is 1.60. The first-order valence-electron chi connectivity index (χ1n) is 5.40. The van der Waals surface area contributed by atoms with Crippen molar-refractivity contribution in [1.82, 2.24) is 9.78 Å². The first-order valence-corrected chi connectivity index (χ1v) is 5.40. The maximum absolute atomic E-state index is 13.1. The molecule has 0 spiro atoms. The van der Waals surface area contributed by atoms with Crippen LogP contribution in [0.4, 0.5) is 4.39 Å². The predicted molar refractivity (Wildman–Crippen MR) is 63.8 cm³/mol. The summed E-state index contributed by atoms with van der Waals surface area (Å²) in [5, 5.41) is 2.93. The monoisotopic (exact) mass is 235 g/mol. The fourth-order valence-electron chi connectivity index (χ4n) is 1.60. The SMILES string of the molecule is CC(CN)c1cc(=O)n(-c2cccc(F)c2)[nH]1. The predicted octanol–water partition coefficient (Wildman–Crippen LogP) is 1.37. The number of nitrogens with zero attached hydrogens (tertiary/aromatic N) is 1. The van der Waals surface area contributed by atoms with Crippen LogP contribution in [-0.4, -0.2) is 16.3 Å². The summed E-state index contributed by atoms with van der Waals surface area (Å²) in [7, 11) is 0. The number of nitrogens with two attached hydrogens (primary N) is 1. The summed E-state index contributed by atoms with van der Waals surface area (Å²) in [4.78, 5) is 11.7. The van der Waals surface area contributed by atoms with Crippen molar-refractivity contribution < 1.29 is 4.39 Å². The molecular formula is C12H14FN3O. The Bertz CT molecular complexity index is 573. The van der Waals surface area contributed by atoms with Crippen molar-refractivity contribution in [2.24, 2.45) is 5.73 Å². The molecule has 0 radical (unpaired) electrons.